The predicted molar refractivity (Wildman–Crippen MR) is 80.2 cm³/mol. The predicted octanol–water partition coefficient (Wildman–Crippen LogP) is 2.41. The molecule has 1 aromatic rings. The molecule has 0 bridgehead atoms. The summed E-state index contributed by atoms with van der Waals surface area (Å²) in [6.07, 6.45) is 1.72. The summed E-state index contributed by atoms with van der Waals surface area (Å²) >= 11 is 0. The van der Waals surface area contributed by atoms with Crippen molar-refractivity contribution in [2.24, 2.45) is 11.7 Å². The molecule has 20 heavy (non-hydrogen) atoms. The molecule has 0 radical (unpaired) electrons. The van der Waals surface area contributed by atoms with Gasteiger partial charge in [-0.15, -0.1) is 0 Å². The van der Waals surface area contributed by atoms with Crippen LogP contribution < -0.4 is 20.5 Å². The molecule has 0 saturated carbocycles. The van der Waals surface area contributed by atoms with Crippen LogP contribution in [0.3, 0.4) is 0 Å². The van der Waals surface area contributed by atoms with Crippen molar-refractivity contribution in [3.63, 3.8) is 0 Å². The molecule has 0 spiro atoms. The second-order valence-corrected chi connectivity index (χ2v) is 4.51. The van der Waals surface area contributed by atoms with Crippen LogP contribution in [-0.4, -0.2) is 26.2 Å². The lowest BCUT2D eigenvalue weighted by Gasteiger charge is -2.15. The van der Waals surface area contributed by atoms with Gasteiger partial charge in [0.2, 0.25) is 5.91 Å². The lowest BCUT2D eigenvalue weighted by atomic mass is 10.0. The Kier molecular flexibility index (Phi) is 6.87. The maximum atomic E-state index is 12.1. The highest BCUT2D eigenvalue weighted by atomic mass is 16.5. The van der Waals surface area contributed by atoms with Crippen LogP contribution in [-0.2, 0) is 4.79 Å². The average molecular weight is 280 g/mol. The molecular weight excluding hydrogens is 256 g/mol. The van der Waals surface area contributed by atoms with E-state index in [1.54, 1.807) is 25.3 Å². The Morgan fingerprint density at radius 1 is 1.35 bits per heavy atom. The molecule has 0 fully saturated rings. The number of methoxy groups -OCH3 is 1. The quantitative estimate of drug-likeness (QED) is 0.767. The van der Waals surface area contributed by atoms with Gasteiger partial charge in [0.1, 0.15) is 0 Å². The number of benzene rings is 1. The topological polar surface area (TPSA) is 73.6 Å². The highest BCUT2D eigenvalue weighted by Gasteiger charge is 2.16. The van der Waals surface area contributed by atoms with Crippen LogP contribution in [0.1, 0.15) is 26.7 Å². The minimum atomic E-state index is -0.155. The molecule has 0 aliphatic rings. The number of carbonyl (C=O) groups excluding carboxylic acids is 1. The molecule has 0 aliphatic carbocycles. The zero-order valence-corrected chi connectivity index (χ0v) is 12.4. The normalized spacial score (nSPS) is 11.8. The fourth-order valence-corrected chi connectivity index (χ4v) is 1.97. The number of hydrogen-bond acceptors (Lipinski definition) is 4. The van der Waals surface area contributed by atoms with Crippen molar-refractivity contribution in [3.05, 3.63) is 18.2 Å². The van der Waals surface area contributed by atoms with Crippen molar-refractivity contribution in [2.75, 3.05) is 25.6 Å². The summed E-state index contributed by atoms with van der Waals surface area (Å²) < 4.78 is 10.7. The van der Waals surface area contributed by atoms with Crippen LogP contribution in [0.25, 0.3) is 0 Å². The Bertz CT molecular complexity index is 435. The number of rotatable bonds is 8. The number of ether oxygens (including phenoxy) is 2. The van der Waals surface area contributed by atoms with Gasteiger partial charge >= 0.3 is 0 Å². The first-order valence-electron chi connectivity index (χ1n) is 6.97. The van der Waals surface area contributed by atoms with E-state index >= 15 is 0 Å². The summed E-state index contributed by atoms with van der Waals surface area (Å²) in [4.78, 5) is 12.1. The van der Waals surface area contributed by atoms with Crippen LogP contribution >= 0.6 is 0 Å². The number of hydrogen-bond donors (Lipinski definition) is 2. The molecule has 1 atom stereocenters. The standard InChI is InChI=1S/C15H24N2O3/c1-4-6-11(10-16)15(18)17-12-7-8-13(20-5-2)14(9-12)19-3/h7-9,11H,4-6,10,16H2,1-3H3,(H,17,18). The third-order valence-electron chi connectivity index (χ3n) is 3.02. The Labute approximate surface area is 120 Å². The zero-order valence-electron chi connectivity index (χ0n) is 12.4. The van der Waals surface area contributed by atoms with Gasteiger partial charge in [0, 0.05) is 18.3 Å². The Hall–Kier alpha value is -1.75. The van der Waals surface area contributed by atoms with Gasteiger partial charge in [-0.1, -0.05) is 13.3 Å². The molecular formula is C15H24N2O3. The Morgan fingerprint density at radius 3 is 2.65 bits per heavy atom. The van der Waals surface area contributed by atoms with E-state index in [2.05, 4.69) is 5.32 Å². The lowest BCUT2D eigenvalue weighted by molar-refractivity contribution is -0.119. The molecule has 5 heteroatoms. The Balaban J connectivity index is 2.79. The number of nitrogens with two attached hydrogens (primary N) is 1. The van der Waals surface area contributed by atoms with E-state index in [1.165, 1.54) is 0 Å². The van der Waals surface area contributed by atoms with Crippen LogP contribution in [0.2, 0.25) is 0 Å². The van der Waals surface area contributed by atoms with E-state index in [0.717, 1.165) is 12.8 Å². The van der Waals surface area contributed by atoms with Crippen LogP contribution in [0, 0.1) is 5.92 Å². The second kappa shape index (κ2) is 8.43. The summed E-state index contributed by atoms with van der Waals surface area (Å²) in [5.74, 6) is 1.06. The largest absolute Gasteiger partial charge is 0.493 e. The van der Waals surface area contributed by atoms with E-state index in [0.29, 0.717) is 30.3 Å². The highest BCUT2D eigenvalue weighted by Crippen LogP contribution is 2.30. The van der Waals surface area contributed by atoms with Gasteiger partial charge in [-0.05, 0) is 25.5 Å². The van der Waals surface area contributed by atoms with Gasteiger partial charge in [-0.3, -0.25) is 4.79 Å². The number of anilines is 1. The van der Waals surface area contributed by atoms with Crippen molar-refractivity contribution < 1.29 is 14.3 Å². The molecule has 3 N–H and O–H groups in total. The first-order valence-corrected chi connectivity index (χ1v) is 6.97. The lowest BCUT2D eigenvalue weighted by Crippen LogP contribution is -2.29. The van der Waals surface area contributed by atoms with Crippen molar-refractivity contribution in [1.82, 2.24) is 0 Å². The first kappa shape index (κ1) is 16.3. The molecule has 0 saturated heterocycles. The smallest absolute Gasteiger partial charge is 0.228 e. The number of amides is 1. The SMILES string of the molecule is CCCC(CN)C(=O)Nc1ccc(OCC)c(OC)c1. The molecule has 0 heterocycles. The summed E-state index contributed by atoms with van der Waals surface area (Å²) in [6, 6.07) is 5.34. The van der Waals surface area contributed by atoms with Crippen molar-refractivity contribution in [2.45, 2.75) is 26.7 Å². The number of nitrogens with one attached hydrogen (secondary N) is 1. The molecule has 112 valence electrons. The Morgan fingerprint density at radius 2 is 2.10 bits per heavy atom. The summed E-state index contributed by atoms with van der Waals surface area (Å²) in [6.45, 7) is 4.86. The molecule has 0 aromatic heterocycles. The summed E-state index contributed by atoms with van der Waals surface area (Å²) in [7, 11) is 1.57. The fraction of sp³-hybridized carbons (Fsp3) is 0.533. The van der Waals surface area contributed by atoms with E-state index in [9.17, 15) is 4.79 Å². The van der Waals surface area contributed by atoms with E-state index in [1.807, 2.05) is 13.8 Å². The van der Waals surface area contributed by atoms with Gasteiger partial charge in [-0.2, -0.15) is 0 Å². The highest BCUT2D eigenvalue weighted by molar-refractivity contribution is 5.93. The van der Waals surface area contributed by atoms with Crippen molar-refractivity contribution in [1.29, 1.82) is 0 Å². The van der Waals surface area contributed by atoms with Gasteiger partial charge in [0.25, 0.3) is 0 Å². The van der Waals surface area contributed by atoms with Crippen LogP contribution in [0.5, 0.6) is 11.5 Å². The molecule has 1 rings (SSSR count). The minimum absolute atomic E-state index is 0.0550. The van der Waals surface area contributed by atoms with Crippen molar-refractivity contribution in [3.8, 4) is 11.5 Å². The van der Waals surface area contributed by atoms with E-state index in [-0.39, 0.29) is 11.8 Å². The third-order valence-corrected chi connectivity index (χ3v) is 3.02. The average Bonchev–Trinajstić information content (AvgIpc) is 2.46. The van der Waals surface area contributed by atoms with Gasteiger partial charge in [0.05, 0.1) is 19.6 Å². The number of carbonyl (C=O) groups is 1. The van der Waals surface area contributed by atoms with Gasteiger partial charge in [-0.25, -0.2) is 0 Å². The molecule has 1 aromatic carbocycles. The molecule has 1 unspecified atom stereocenters. The molecule has 0 aliphatic heterocycles. The van der Waals surface area contributed by atoms with Gasteiger partial charge < -0.3 is 20.5 Å². The first-order chi connectivity index (χ1) is 9.65. The van der Waals surface area contributed by atoms with Crippen LogP contribution in [0.4, 0.5) is 5.69 Å². The zero-order chi connectivity index (χ0) is 15.0. The monoisotopic (exact) mass is 280 g/mol. The van der Waals surface area contributed by atoms with Gasteiger partial charge in [0.15, 0.2) is 11.5 Å². The maximum absolute atomic E-state index is 12.1. The molecule has 1 amide bonds. The maximum Gasteiger partial charge on any atom is 0.228 e. The second-order valence-electron chi connectivity index (χ2n) is 4.51. The van der Waals surface area contributed by atoms with E-state index in [4.69, 9.17) is 15.2 Å². The van der Waals surface area contributed by atoms with Crippen molar-refractivity contribution >= 4 is 11.6 Å². The fourth-order valence-electron chi connectivity index (χ4n) is 1.97. The minimum Gasteiger partial charge on any atom is -0.493 e. The van der Waals surface area contributed by atoms with E-state index < -0.39 is 0 Å². The molecule has 5 nitrogen and oxygen atoms in total. The van der Waals surface area contributed by atoms with Crippen LogP contribution in [0.15, 0.2) is 18.2 Å². The third kappa shape index (κ3) is 4.42. The summed E-state index contributed by atoms with van der Waals surface area (Å²) in [5.41, 5.74) is 6.31. The summed E-state index contributed by atoms with van der Waals surface area (Å²) in [5, 5.41) is 2.87.